The molecule has 0 radical (unpaired) electrons. The molecule has 0 fully saturated rings. The van der Waals surface area contributed by atoms with E-state index in [-0.39, 0.29) is 4.70 Å². The van der Waals surface area contributed by atoms with Gasteiger partial charge in [0.15, 0.2) is 0 Å². The van der Waals surface area contributed by atoms with Crippen LogP contribution in [-0.4, -0.2) is 10.9 Å². The number of fused-ring (bicyclic) bond motifs is 1. The maximum absolute atomic E-state index is 10.8. The summed E-state index contributed by atoms with van der Waals surface area (Å²) in [6.45, 7) is 0. The molecule has 1 heterocycles. The minimum Gasteiger partial charge on any atom is -0.366 e. The number of rotatable bonds is 1. The number of halogens is 1. The van der Waals surface area contributed by atoms with E-state index < -0.39 is 5.91 Å². The molecule has 0 saturated carbocycles. The van der Waals surface area contributed by atoms with Gasteiger partial charge < -0.3 is 5.73 Å². The summed E-state index contributed by atoms with van der Waals surface area (Å²) in [5, 5.41) is 0.929. The average molecular weight is 192 g/mol. The van der Waals surface area contributed by atoms with Crippen molar-refractivity contribution in [3.8, 4) is 0 Å². The largest absolute Gasteiger partial charge is 0.366 e. The molecule has 72 valence electrons. The van der Waals surface area contributed by atoms with Crippen LogP contribution in [-0.2, 0) is 0 Å². The summed E-state index contributed by atoms with van der Waals surface area (Å²) in [7, 11) is 0. The lowest BCUT2D eigenvalue weighted by Crippen LogP contribution is -2.10. The van der Waals surface area contributed by atoms with Crippen LogP contribution in [0.4, 0.5) is 4.70 Å². The van der Waals surface area contributed by atoms with Crippen molar-refractivity contribution in [1.29, 1.82) is 0 Å². The highest BCUT2D eigenvalue weighted by Crippen LogP contribution is 2.11. The molecule has 1 aromatic heterocycles. The first kappa shape index (κ1) is 10.1. The molecule has 2 aromatic rings. The topological polar surface area (TPSA) is 56.0 Å². The van der Waals surface area contributed by atoms with Crippen molar-refractivity contribution >= 4 is 16.8 Å². The Kier molecular flexibility index (Phi) is 2.76. The Morgan fingerprint density at radius 2 is 2.00 bits per heavy atom. The fourth-order valence-corrected chi connectivity index (χ4v) is 1.21. The maximum Gasteiger partial charge on any atom is 0.250 e. The molecule has 1 aromatic carbocycles. The van der Waals surface area contributed by atoms with Crippen LogP contribution in [0.3, 0.4) is 0 Å². The number of hydrogen-bond acceptors (Lipinski definition) is 2. The molecule has 0 spiro atoms. The lowest BCUT2D eigenvalue weighted by molar-refractivity contribution is 0.1000. The van der Waals surface area contributed by atoms with Crippen molar-refractivity contribution in [3.05, 3.63) is 42.1 Å². The summed E-state index contributed by atoms with van der Waals surface area (Å²) in [5.74, 6) is -0.446. The quantitative estimate of drug-likeness (QED) is 0.744. The number of nitrogens with zero attached hydrogens (tertiary/aromatic N) is 1. The molecule has 0 atom stereocenters. The van der Waals surface area contributed by atoms with Gasteiger partial charge in [0.2, 0.25) is 5.91 Å². The summed E-state index contributed by atoms with van der Waals surface area (Å²) in [6, 6.07) is 9.33. The van der Waals surface area contributed by atoms with Crippen LogP contribution < -0.4 is 5.73 Å². The van der Waals surface area contributed by atoms with Crippen LogP contribution in [0.2, 0.25) is 0 Å². The zero-order chi connectivity index (χ0) is 9.26. The minimum atomic E-state index is -0.446. The van der Waals surface area contributed by atoms with Gasteiger partial charge in [-0.2, -0.15) is 0 Å². The van der Waals surface area contributed by atoms with Crippen molar-refractivity contribution in [2.24, 2.45) is 5.73 Å². The molecule has 0 aliphatic rings. The number of aromatic nitrogens is 1. The highest BCUT2D eigenvalue weighted by atomic mass is 19.0. The molecular formula is C10H9FN2O. The highest BCUT2D eigenvalue weighted by molar-refractivity contribution is 5.96. The highest BCUT2D eigenvalue weighted by Gasteiger charge is 2.01. The molecule has 0 aliphatic heterocycles. The van der Waals surface area contributed by atoms with Crippen LogP contribution in [0, 0.1) is 0 Å². The van der Waals surface area contributed by atoms with Gasteiger partial charge in [0.1, 0.15) is 0 Å². The molecule has 1 amide bonds. The third kappa shape index (κ3) is 1.69. The molecule has 2 N–H and O–H groups in total. The van der Waals surface area contributed by atoms with Crippen molar-refractivity contribution in [2.75, 3.05) is 0 Å². The van der Waals surface area contributed by atoms with E-state index in [0.29, 0.717) is 5.56 Å². The first-order chi connectivity index (χ1) is 6.27. The minimum absolute atomic E-state index is 0. The number of primary amides is 1. The van der Waals surface area contributed by atoms with Crippen molar-refractivity contribution in [3.63, 3.8) is 0 Å². The SMILES string of the molecule is F.NC(=O)c1cnc2ccccc2c1. The van der Waals surface area contributed by atoms with Gasteiger partial charge in [-0.05, 0) is 12.1 Å². The van der Waals surface area contributed by atoms with E-state index in [0.717, 1.165) is 10.9 Å². The van der Waals surface area contributed by atoms with Gasteiger partial charge >= 0.3 is 0 Å². The molecule has 2 rings (SSSR count). The van der Waals surface area contributed by atoms with Crippen LogP contribution in [0.5, 0.6) is 0 Å². The molecule has 0 saturated heterocycles. The number of carbonyl (C=O) groups is 1. The number of hydrogen-bond donors (Lipinski definition) is 1. The zero-order valence-corrected chi connectivity index (χ0v) is 7.31. The fraction of sp³-hybridized carbons (Fsp3) is 0. The first-order valence-corrected chi connectivity index (χ1v) is 3.92. The summed E-state index contributed by atoms with van der Waals surface area (Å²) in [4.78, 5) is 14.9. The van der Waals surface area contributed by atoms with E-state index >= 15 is 0 Å². The lowest BCUT2D eigenvalue weighted by Gasteiger charge is -1.97. The molecule has 0 unspecified atom stereocenters. The Morgan fingerprint density at radius 3 is 2.71 bits per heavy atom. The number of nitrogens with two attached hydrogens (primary N) is 1. The molecule has 4 heteroatoms. The number of amides is 1. The second-order valence-electron chi connectivity index (χ2n) is 2.78. The van der Waals surface area contributed by atoms with Gasteiger partial charge in [0.05, 0.1) is 11.1 Å². The van der Waals surface area contributed by atoms with E-state index in [4.69, 9.17) is 5.73 Å². The average Bonchev–Trinajstić information content (AvgIpc) is 2.17. The summed E-state index contributed by atoms with van der Waals surface area (Å²) >= 11 is 0. The molecule has 0 bridgehead atoms. The lowest BCUT2D eigenvalue weighted by atomic mass is 10.1. The number of benzene rings is 1. The fourth-order valence-electron chi connectivity index (χ4n) is 1.21. The van der Waals surface area contributed by atoms with Gasteiger partial charge in [-0.15, -0.1) is 0 Å². The first-order valence-electron chi connectivity index (χ1n) is 3.92. The molecular weight excluding hydrogens is 183 g/mol. The van der Waals surface area contributed by atoms with E-state index in [1.807, 2.05) is 24.3 Å². The summed E-state index contributed by atoms with van der Waals surface area (Å²) in [5.41, 5.74) is 6.44. The molecule has 14 heavy (non-hydrogen) atoms. The smallest absolute Gasteiger partial charge is 0.250 e. The molecule has 3 nitrogen and oxygen atoms in total. The summed E-state index contributed by atoms with van der Waals surface area (Å²) < 4.78 is 0. The van der Waals surface area contributed by atoms with Crippen molar-refractivity contribution in [2.45, 2.75) is 0 Å². The Bertz CT molecular complexity index is 470. The van der Waals surface area contributed by atoms with Gasteiger partial charge in [0, 0.05) is 11.6 Å². The maximum atomic E-state index is 10.8. The van der Waals surface area contributed by atoms with Crippen LogP contribution in [0.25, 0.3) is 10.9 Å². The van der Waals surface area contributed by atoms with E-state index in [1.165, 1.54) is 6.20 Å². The Hall–Kier alpha value is -1.97. The van der Waals surface area contributed by atoms with Gasteiger partial charge in [-0.25, -0.2) is 0 Å². The Labute approximate surface area is 79.9 Å². The van der Waals surface area contributed by atoms with E-state index in [1.54, 1.807) is 6.07 Å². The number of pyridine rings is 1. The van der Waals surface area contributed by atoms with Crippen LogP contribution in [0.15, 0.2) is 36.5 Å². The summed E-state index contributed by atoms with van der Waals surface area (Å²) in [6.07, 6.45) is 1.49. The second kappa shape index (κ2) is 3.83. The predicted octanol–water partition coefficient (Wildman–Crippen LogP) is 1.49. The van der Waals surface area contributed by atoms with E-state index in [2.05, 4.69) is 4.98 Å². The van der Waals surface area contributed by atoms with Gasteiger partial charge in [-0.1, -0.05) is 18.2 Å². The third-order valence-electron chi connectivity index (χ3n) is 1.87. The monoisotopic (exact) mass is 192 g/mol. The predicted molar refractivity (Wildman–Crippen MR) is 52.8 cm³/mol. The van der Waals surface area contributed by atoms with E-state index in [9.17, 15) is 4.79 Å². The third-order valence-corrected chi connectivity index (χ3v) is 1.87. The Balaban J connectivity index is 0.000000980. The standard InChI is InChI=1S/C10H8N2O.FH/c11-10(13)8-5-7-3-1-2-4-9(7)12-6-8;/h1-6H,(H2,11,13);1H. The van der Waals surface area contributed by atoms with Crippen LogP contribution >= 0.6 is 0 Å². The van der Waals surface area contributed by atoms with Gasteiger partial charge in [-0.3, -0.25) is 14.5 Å². The van der Waals surface area contributed by atoms with Crippen LogP contribution in [0.1, 0.15) is 10.4 Å². The zero-order valence-electron chi connectivity index (χ0n) is 7.31. The molecule has 0 aliphatic carbocycles. The normalized spacial score (nSPS) is 9.43. The second-order valence-corrected chi connectivity index (χ2v) is 2.78. The number of carbonyl (C=O) groups excluding carboxylic acids is 1. The van der Waals surface area contributed by atoms with Crippen molar-refractivity contribution in [1.82, 2.24) is 4.98 Å². The number of para-hydroxylation sites is 1. The van der Waals surface area contributed by atoms with Crippen molar-refractivity contribution < 1.29 is 9.50 Å². The van der Waals surface area contributed by atoms with Gasteiger partial charge in [0.25, 0.3) is 0 Å². The Morgan fingerprint density at radius 1 is 1.29 bits per heavy atom.